The maximum Gasteiger partial charge on any atom is 0.162 e. The Kier molecular flexibility index (Phi) is 9.09. The largest absolute Gasteiger partial charge is 0.497 e. The predicted molar refractivity (Wildman–Crippen MR) is 143 cm³/mol. The Morgan fingerprint density at radius 3 is 2.11 bits per heavy atom. The van der Waals surface area contributed by atoms with Gasteiger partial charge in [0.05, 0.1) is 21.3 Å². The van der Waals surface area contributed by atoms with Crippen LogP contribution in [0, 0.1) is 6.92 Å². The molecule has 1 unspecified atom stereocenters. The van der Waals surface area contributed by atoms with Gasteiger partial charge in [-0.05, 0) is 48.4 Å². The fraction of sp³-hybridized carbons (Fsp3) is 0.400. The average Bonchev–Trinajstić information content (AvgIpc) is 2.92. The van der Waals surface area contributed by atoms with E-state index in [1.807, 2.05) is 43.3 Å². The number of ether oxygens (including phenoxy) is 4. The Morgan fingerprint density at radius 1 is 0.722 bits per heavy atom. The van der Waals surface area contributed by atoms with Gasteiger partial charge >= 0.3 is 0 Å². The normalized spacial score (nSPS) is 15.3. The molecule has 0 aliphatic carbocycles. The first-order valence-electron chi connectivity index (χ1n) is 12.6. The maximum atomic E-state index is 6.61. The van der Waals surface area contributed by atoms with E-state index in [1.165, 1.54) is 5.56 Å². The number of benzene rings is 3. The van der Waals surface area contributed by atoms with Crippen molar-refractivity contribution in [2.24, 2.45) is 0 Å². The van der Waals surface area contributed by atoms with E-state index in [-0.39, 0.29) is 6.10 Å². The van der Waals surface area contributed by atoms with Crippen molar-refractivity contribution in [3.63, 3.8) is 0 Å². The number of hydrogen-bond acceptors (Lipinski definition) is 6. The molecule has 0 N–H and O–H groups in total. The minimum atomic E-state index is -0.214. The van der Waals surface area contributed by atoms with Gasteiger partial charge < -0.3 is 23.8 Å². The van der Waals surface area contributed by atoms with E-state index < -0.39 is 0 Å². The van der Waals surface area contributed by atoms with Crippen LogP contribution in [-0.4, -0.2) is 63.9 Å². The SMILES string of the molecule is COc1ccc(OC)c(C(CCN2CCN(Cc3ccccc3)CC2)Oc2ccc(C)cc2OC)c1. The summed E-state index contributed by atoms with van der Waals surface area (Å²) in [5.41, 5.74) is 3.47. The molecule has 0 spiro atoms. The number of piperazine rings is 1. The molecule has 3 aromatic carbocycles. The minimum absolute atomic E-state index is 0.214. The lowest BCUT2D eigenvalue weighted by atomic mass is 10.0. The van der Waals surface area contributed by atoms with Gasteiger partial charge in [0.25, 0.3) is 0 Å². The van der Waals surface area contributed by atoms with E-state index in [2.05, 4.69) is 40.1 Å². The Morgan fingerprint density at radius 2 is 1.42 bits per heavy atom. The van der Waals surface area contributed by atoms with Crippen molar-refractivity contribution in [3.05, 3.63) is 83.4 Å². The molecule has 0 amide bonds. The van der Waals surface area contributed by atoms with E-state index in [1.54, 1.807) is 21.3 Å². The summed E-state index contributed by atoms with van der Waals surface area (Å²) in [6, 6.07) is 22.6. The smallest absolute Gasteiger partial charge is 0.162 e. The molecule has 1 atom stereocenters. The van der Waals surface area contributed by atoms with Crippen molar-refractivity contribution in [1.82, 2.24) is 9.80 Å². The summed E-state index contributed by atoms with van der Waals surface area (Å²) in [4.78, 5) is 5.05. The number of aryl methyl sites for hydroxylation is 1. The average molecular weight is 491 g/mol. The zero-order chi connectivity index (χ0) is 25.3. The van der Waals surface area contributed by atoms with Gasteiger partial charge in [0, 0.05) is 51.3 Å². The second-order valence-electron chi connectivity index (χ2n) is 9.26. The van der Waals surface area contributed by atoms with Gasteiger partial charge in [0.1, 0.15) is 17.6 Å². The lowest BCUT2D eigenvalue weighted by Crippen LogP contribution is -2.46. The molecule has 0 saturated carbocycles. The molecule has 0 bridgehead atoms. The number of methoxy groups -OCH3 is 3. The highest BCUT2D eigenvalue weighted by molar-refractivity contribution is 5.45. The quantitative estimate of drug-likeness (QED) is 0.361. The predicted octanol–water partition coefficient (Wildman–Crippen LogP) is 5.35. The molecule has 0 radical (unpaired) electrons. The molecule has 3 aromatic rings. The van der Waals surface area contributed by atoms with Gasteiger partial charge in [-0.25, -0.2) is 0 Å². The Hall–Kier alpha value is -3.22. The van der Waals surface area contributed by atoms with Crippen molar-refractivity contribution >= 4 is 0 Å². The summed E-state index contributed by atoms with van der Waals surface area (Å²) in [6.07, 6.45) is 0.605. The van der Waals surface area contributed by atoms with Crippen molar-refractivity contribution in [3.8, 4) is 23.0 Å². The highest BCUT2D eigenvalue weighted by Crippen LogP contribution is 2.38. The van der Waals surface area contributed by atoms with Crippen LogP contribution in [0.3, 0.4) is 0 Å². The zero-order valence-corrected chi connectivity index (χ0v) is 21.9. The van der Waals surface area contributed by atoms with Crippen LogP contribution < -0.4 is 18.9 Å². The summed E-state index contributed by atoms with van der Waals surface area (Å²) in [5, 5.41) is 0. The Balaban J connectivity index is 1.46. The zero-order valence-electron chi connectivity index (χ0n) is 21.9. The number of nitrogens with zero attached hydrogens (tertiary/aromatic N) is 2. The van der Waals surface area contributed by atoms with Crippen molar-refractivity contribution in [2.45, 2.75) is 26.0 Å². The van der Waals surface area contributed by atoms with E-state index in [0.29, 0.717) is 0 Å². The summed E-state index contributed by atoms with van der Waals surface area (Å²) in [7, 11) is 5.05. The van der Waals surface area contributed by atoms with Crippen LogP contribution in [-0.2, 0) is 6.54 Å². The van der Waals surface area contributed by atoms with Gasteiger partial charge in [-0.1, -0.05) is 36.4 Å². The van der Waals surface area contributed by atoms with Crippen LogP contribution in [0.25, 0.3) is 0 Å². The highest BCUT2D eigenvalue weighted by Gasteiger charge is 2.24. The lowest BCUT2D eigenvalue weighted by Gasteiger charge is -2.35. The lowest BCUT2D eigenvalue weighted by molar-refractivity contribution is 0.105. The summed E-state index contributed by atoms with van der Waals surface area (Å²) >= 11 is 0. The van der Waals surface area contributed by atoms with Crippen LogP contribution in [0.1, 0.15) is 29.2 Å². The first kappa shape index (κ1) is 25.9. The molecule has 36 heavy (non-hydrogen) atoms. The van der Waals surface area contributed by atoms with Gasteiger partial charge in [-0.3, -0.25) is 4.90 Å². The van der Waals surface area contributed by atoms with Crippen molar-refractivity contribution in [1.29, 1.82) is 0 Å². The molecule has 192 valence electrons. The first-order valence-corrected chi connectivity index (χ1v) is 12.6. The van der Waals surface area contributed by atoms with Crippen molar-refractivity contribution < 1.29 is 18.9 Å². The van der Waals surface area contributed by atoms with Gasteiger partial charge in [0.15, 0.2) is 11.5 Å². The molecule has 4 rings (SSSR count). The van der Waals surface area contributed by atoms with Crippen LogP contribution in [0.2, 0.25) is 0 Å². The third-order valence-electron chi connectivity index (χ3n) is 6.79. The molecule has 1 saturated heterocycles. The Bertz CT molecular complexity index is 1100. The van der Waals surface area contributed by atoms with E-state index in [0.717, 1.165) is 79.8 Å². The topological polar surface area (TPSA) is 43.4 Å². The molecule has 1 fully saturated rings. The summed E-state index contributed by atoms with van der Waals surface area (Å²) in [5.74, 6) is 3.03. The van der Waals surface area contributed by atoms with Crippen LogP contribution in [0.15, 0.2) is 66.7 Å². The van der Waals surface area contributed by atoms with Crippen LogP contribution in [0.4, 0.5) is 0 Å². The molecule has 6 nitrogen and oxygen atoms in total. The molecular weight excluding hydrogens is 452 g/mol. The highest BCUT2D eigenvalue weighted by atomic mass is 16.5. The van der Waals surface area contributed by atoms with Crippen LogP contribution >= 0.6 is 0 Å². The number of hydrogen-bond donors (Lipinski definition) is 0. The van der Waals surface area contributed by atoms with Gasteiger partial charge in [-0.15, -0.1) is 0 Å². The molecule has 1 aliphatic rings. The van der Waals surface area contributed by atoms with E-state index in [4.69, 9.17) is 18.9 Å². The van der Waals surface area contributed by atoms with E-state index >= 15 is 0 Å². The Labute approximate surface area is 215 Å². The standard InChI is InChI=1S/C30H38N2O4/c1-23-10-12-29(30(20-23)35-4)36-28(26-21-25(33-2)11-13-27(26)34-3)14-15-31-16-18-32(19-17-31)22-24-8-6-5-7-9-24/h5-13,20-21,28H,14-19,22H2,1-4H3. The van der Waals surface area contributed by atoms with Gasteiger partial charge in [0.2, 0.25) is 0 Å². The second kappa shape index (κ2) is 12.7. The second-order valence-corrected chi connectivity index (χ2v) is 9.26. The van der Waals surface area contributed by atoms with E-state index in [9.17, 15) is 0 Å². The molecule has 0 aromatic heterocycles. The molecule has 1 heterocycles. The third kappa shape index (κ3) is 6.71. The van der Waals surface area contributed by atoms with Gasteiger partial charge in [-0.2, -0.15) is 0 Å². The monoisotopic (exact) mass is 490 g/mol. The van der Waals surface area contributed by atoms with Crippen LogP contribution in [0.5, 0.6) is 23.0 Å². The number of rotatable bonds is 11. The first-order chi connectivity index (χ1) is 17.6. The fourth-order valence-electron chi connectivity index (χ4n) is 4.71. The molecular formula is C30H38N2O4. The fourth-order valence-corrected chi connectivity index (χ4v) is 4.71. The molecule has 1 aliphatic heterocycles. The third-order valence-corrected chi connectivity index (χ3v) is 6.79. The maximum absolute atomic E-state index is 6.61. The summed E-state index contributed by atoms with van der Waals surface area (Å²) < 4.78 is 23.5. The minimum Gasteiger partial charge on any atom is -0.497 e. The molecule has 6 heteroatoms. The summed E-state index contributed by atoms with van der Waals surface area (Å²) in [6.45, 7) is 8.20. The van der Waals surface area contributed by atoms with Crippen molar-refractivity contribution in [2.75, 3.05) is 54.1 Å².